The Labute approximate surface area is 307 Å². The smallest absolute Gasteiger partial charge is 0.662 e. The SMILES string of the molecule is C=C(CBr)CBr.C=C1CCCC2(CCC1)OCCO2.CCC1(CC)OCCO1.O=CO[O-].[K+].[K]. The van der Waals surface area contributed by atoms with Crippen LogP contribution in [-0.4, -0.2) is 107 Å². The van der Waals surface area contributed by atoms with E-state index >= 15 is 0 Å². The van der Waals surface area contributed by atoms with Crippen LogP contribution in [0, 0.1) is 0 Å². The summed E-state index contributed by atoms with van der Waals surface area (Å²) in [5, 5.41) is 10.2. The van der Waals surface area contributed by atoms with Crippen LogP contribution in [0.15, 0.2) is 24.3 Å². The van der Waals surface area contributed by atoms with Gasteiger partial charge in [-0.15, -0.1) is 0 Å². The molecule has 0 aromatic carbocycles. The molecule has 1 aliphatic carbocycles. The zero-order chi connectivity index (χ0) is 24.3. The van der Waals surface area contributed by atoms with E-state index in [-0.39, 0.29) is 121 Å². The van der Waals surface area contributed by atoms with Gasteiger partial charge in [0.1, 0.15) is 0 Å². The van der Waals surface area contributed by atoms with Gasteiger partial charge in [-0.3, -0.25) is 4.79 Å². The minimum absolute atomic E-state index is 0. The number of carbonyl (C=O) groups is 1. The normalized spacial score (nSPS) is 19.6. The predicted molar refractivity (Wildman–Crippen MR) is 136 cm³/mol. The third-order valence-electron chi connectivity index (χ3n) is 5.30. The van der Waals surface area contributed by atoms with Crippen molar-refractivity contribution in [3.05, 3.63) is 24.3 Å². The number of ether oxygens (including phenoxy) is 4. The Hall–Kier alpha value is 2.98. The molecular weight excluding hydrogens is 626 g/mol. The number of hydrogen-bond donors (Lipinski definition) is 0. The summed E-state index contributed by atoms with van der Waals surface area (Å²) in [6.07, 6.45) is 8.64. The summed E-state index contributed by atoms with van der Waals surface area (Å²) >= 11 is 6.49. The van der Waals surface area contributed by atoms with Crippen molar-refractivity contribution in [2.75, 3.05) is 37.1 Å². The van der Waals surface area contributed by atoms with Crippen LogP contribution in [0.2, 0.25) is 0 Å². The van der Waals surface area contributed by atoms with Crippen LogP contribution in [0.5, 0.6) is 0 Å². The molecule has 189 valence electrons. The molecule has 1 saturated carbocycles. The van der Waals surface area contributed by atoms with E-state index in [0.29, 0.717) is 0 Å². The second kappa shape index (κ2) is 26.2. The number of allylic oxidation sites excluding steroid dienone is 2. The van der Waals surface area contributed by atoms with Crippen LogP contribution < -0.4 is 56.6 Å². The van der Waals surface area contributed by atoms with Crippen molar-refractivity contribution in [3.8, 4) is 0 Å². The minimum atomic E-state index is -0.222. The minimum Gasteiger partial charge on any atom is -0.662 e. The van der Waals surface area contributed by atoms with Crippen molar-refractivity contribution in [3.63, 3.8) is 0 Å². The number of halogens is 2. The molecule has 0 bridgehead atoms. The number of alkyl halides is 2. The van der Waals surface area contributed by atoms with Crippen LogP contribution >= 0.6 is 31.9 Å². The van der Waals surface area contributed by atoms with Gasteiger partial charge in [0, 0.05) is 74.9 Å². The average molecular weight is 666 g/mol. The zero-order valence-electron chi connectivity index (χ0n) is 21.5. The fourth-order valence-electron chi connectivity index (χ4n) is 3.44. The molecule has 0 amide bonds. The summed E-state index contributed by atoms with van der Waals surface area (Å²) in [4.78, 5) is 11.2. The maximum absolute atomic E-state index is 8.64. The summed E-state index contributed by atoms with van der Waals surface area (Å²) in [6.45, 7) is 14.8. The molecule has 3 fully saturated rings. The molecule has 0 atom stereocenters. The first-order valence-electron chi connectivity index (χ1n) is 11.1. The molecule has 2 aliphatic heterocycles. The standard InChI is InChI=1S/C11H18O2.C7H14O2.C4H6Br2.CH2O3.2K/c1-10-4-2-6-11(7-3-5-10)12-8-9-13-11;1-3-7(4-2)8-5-6-9-7;1-4(2-5)3-6;2-1-4-3;;/h1-9H2;3-6H2,1-2H3;1-3H2;1,3H;;/q;;;;;+1/p-1. The molecule has 0 N–H and O–H groups in total. The molecule has 0 aromatic heterocycles. The summed E-state index contributed by atoms with van der Waals surface area (Å²) in [7, 11) is 0. The quantitative estimate of drug-likeness (QED) is 0.110. The largest absolute Gasteiger partial charge is 1.00 e. The van der Waals surface area contributed by atoms with Gasteiger partial charge in [0.15, 0.2) is 11.6 Å². The Bertz CT molecular complexity index is 501. The summed E-state index contributed by atoms with van der Waals surface area (Å²) in [5.74, 6) is -0.430. The number of rotatable bonds is 5. The van der Waals surface area contributed by atoms with Gasteiger partial charge >= 0.3 is 51.4 Å². The second-order valence-corrected chi connectivity index (χ2v) is 8.71. The van der Waals surface area contributed by atoms with E-state index in [9.17, 15) is 0 Å². The molecule has 2 saturated heterocycles. The van der Waals surface area contributed by atoms with E-state index in [1.54, 1.807) is 0 Å². The molecule has 3 rings (SSSR count). The summed E-state index contributed by atoms with van der Waals surface area (Å²) < 4.78 is 22.2. The van der Waals surface area contributed by atoms with Gasteiger partial charge in [-0.05, 0) is 38.5 Å². The van der Waals surface area contributed by atoms with Gasteiger partial charge in [0.25, 0.3) is 6.47 Å². The Balaban J connectivity index is -0.000000405. The van der Waals surface area contributed by atoms with Gasteiger partial charge in [-0.2, -0.15) is 0 Å². The summed E-state index contributed by atoms with van der Waals surface area (Å²) in [6, 6.07) is 0. The van der Waals surface area contributed by atoms with Crippen LogP contribution in [0.25, 0.3) is 0 Å². The van der Waals surface area contributed by atoms with Crippen LogP contribution in [0.4, 0.5) is 0 Å². The first-order valence-corrected chi connectivity index (χ1v) is 13.3. The van der Waals surface area contributed by atoms with E-state index < -0.39 is 0 Å². The average Bonchev–Trinajstić information content (AvgIpc) is 3.49. The van der Waals surface area contributed by atoms with Crippen LogP contribution in [0.3, 0.4) is 0 Å². The first-order chi connectivity index (χ1) is 15.4. The van der Waals surface area contributed by atoms with E-state index in [4.69, 9.17) is 29.0 Å². The fourth-order valence-corrected chi connectivity index (χ4v) is 4.37. The summed E-state index contributed by atoms with van der Waals surface area (Å²) in [5.41, 5.74) is 2.57. The van der Waals surface area contributed by atoms with E-state index in [2.05, 4.69) is 63.8 Å². The molecule has 34 heavy (non-hydrogen) atoms. The molecule has 0 aromatic rings. The molecule has 0 unspecified atom stereocenters. The predicted octanol–water partition coefficient (Wildman–Crippen LogP) is 1.58. The van der Waals surface area contributed by atoms with Crippen LogP contribution in [0.1, 0.15) is 65.2 Å². The van der Waals surface area contributed by atoms with Crippen molar-refractivity contribution < 1.29 is 85.3 Å². The van der Waals surface area contributed by atoms with Crippen LogP contribution in [-0.2, 0) is 28.6 Å². The van der Waals surface area contributed by atoms with E-state index in [1.165, 1.54) is 24.0 Å². The molecule has 2 heterocycles. The van der Waals surface area contributed by atoms with Crippen molar-refractivity contribution in [2.24, 2.45) is 0 Å². The van der Waals surface area contributed by atoms with Crippen molar-refractivity contribution in [2.45, 2.75) is 76.8 Å². The third kappa shape index (κ3) is 19.1. The van der Waals surface area contributed by atoms with Gasteiger partial charge in [0.2, 0.25) is 0 Å². The van der Waals surface area contributed by atoms with Gasteiger partial charge in [0.05, 0.1) is 26.4 Å². The molecule has 11 heteroatoms. The van der Waals surface area contributed by atoms with E-state index in [1.807, 2.05) is 0 Å². The molecule has 3 aliphatic rings. The van der Waals surface area contributed by atoms with Gasteiger partial charge in [-0.1, -0.05) is 70.0 Å². The molecule has 1 spiro atoms. The number of carbonyl (C=O) groups excluding carboxylic acids is 1. The van der Waals surface area contributed by atoms with E-state index in [0.717, 1.165) is 75.6 Å². The number of hydrogen-bond acceptors (Lipinski definition) is 7. The Morgan fingerprint density at radius 1 is 1.00 bits per heavy atom. The zero-order valence-corrected chi connectivity index (χ0v) is 30.9. The van der Waals surface area contributed by atoms with Gasteiger partial charge < -0.3 is 29.1 Å². The maximum atomic E-state index is 8.64. The fraction of sp³-hybridized carbons (Fsp3) is 0.783. The second-order valence-electron chi connectivity index (χ2n) is 7.59. The van der Waals surface area contributed by atoms with Crippen molar-refractivity contribution in [1.82, 2.24) is 0 Å². The Morgan fingerprint density at radius 2 is 1.38 bits per heavy atom. The Kier molecular flexibility index (Phi) is 32.0. The first kappa shape index (κ1) is 41.5. The van der Waals surface area contributed by atoms with Crippen molar-refractivity contribution in [1.29, 1.82) is 0 Å². The maximum Gasteiger partial charge on any atom is 1.00 e. The molecule has 1 radical (unpaired) electrons. The monoisotopic (exact) mass is 663 g/mol. The van der Waals surface area contributed by atoms with Crippen molar-refractivity contribution >= 4 is 89.7 Å². The third-order valence-corrected chi connectivity index (χ3v) is 6.88. The topological polar surface area (TPSA) is 86.3 Å². The Morgan fingerprint density at radius 3 is 1.65 bits per heavy atom. The molecule has 7 nitrogen and oxygen atoms in total. The van der Waals surface area contributed by atoms with Gasteiger partial charge in [-0.25, -0.2) is 0 Å². The molecular formula is C23H39Br2K2O7.